The lowest BCUT2D eigenvalue weighted by molar-refractivity contribution is -0.0440. The Bertz CT molecular complexity index is 391. The Morgan fingerprint density at radius 1 is 1.40 bits per heavy atom. The van der Waals surface area contributed by atoms with Gasteiger partial charge in [0.05, 0.1) is 32.5 Å². The normalized spacial score (nSPS) is 20.6. The molecule has 1 N–H and O–H groups in total. The minimum absolute atomic E-state index is 0.175. The lowest BCUT2D eigenvalue weighted by Gasteiger charge is -2.24. The fourth-order valence-corrected chi connectivity index (χ4v) is 2.46. The molecule has 0 spiro atoms. The quantitative estimate of drug-likeness (QED) is 0.832. The van der Waals surface area contributed by atoms with Gasteiger partial charge in [0.1, 0.15) is 5.75 Å². The maximum absolute atomic E-state index is 5.83. The third-order valence-corrected chi connectivity index (χ3v) is 3.71. The Hall–Kier alpha value is -1.10. The molecule has 112 valence electrons. The van der Waals surface area contributed by atoms with Crippen molar-refractivity contribution in [3.8, 4) is 5.75 Å². The molecule has 0 saturated carbocycles. The summed E-state index contributed by atoms with van der Waals surface area (Å²) in [6, 6.07) is 8.26. The second kappa shape index (κ2) is 8.25. The molecule has 0 aliphatic carbocycles. The van der Waals surface area contributed by atoms with Crippen LogP contribution in [-0.4, -0.2) is 40.1 Å². The first-order valence-corrected chi connectivity index (χ1v) is 7.34. The molecule has 1 aliphatic heterocycles. The van der Waals surface area contributed by atoms with Crippen LogP contribution >= 0.6 is 0 Å². The highest BCUT2D eigenvalue weighted by Crippen LogP contribution is 2.20. The van der Waals surface area contributed by atoms with E-state index in [0.717, 1.165) is 18.8 Å². The van der Waals surface area contributed by atoms with E-state index in [0.29, 0.717) is 13.2 Å². The fraction of sp³-hybridized carbons (Fsp3) is 0.625. The summed E-state index contributed by atoms with van der Waals surface area (Å²) in [5.41, 5.74) is 1.18. The number of methoxy groups -OCH3 is 1. The summed E-state index contributed by atoms with van der Waals surface area (Å²) in [5.74, 6) is 0.873. The number of hydrogen-bond donors (Lipinski definition) is 1. The zero-order chi connectivity index (χ0) is 14.2. The smallest absolute Gasteiger partial charge is 0.119 e. The first kappa shape index (κ1) is 15.3. The highest BCUT2D eigenvalue weighted by atomic mass is 16.5. The van der Waals surface area contributed by atoms with Crippen molar-refractivity contribution >= 4 is 0 Å². The van der Waals surface area contributed by atoms with Crippen LogP contribution in [-0.2, 0) is 9.47 Å². The van der Waals surface area contributed by atoms with Crippen molar-refractivity contribution in [2.45, 2.75) is 31.4 Å². The SMILES string of the molecule is CNC(COCC1CCCCO1)c1cccc(OC)c1. The molecular formula is C16H25NO3. The van der Waals surface area contributed by atoms with Crippen LogP contribution in [0.4, 0.5) is 0 Å². The van der Waals surface area contributed by atoms with Gasteiger partial charge in [-0.3, -0.25) is 0 Å². The Morgan fingerprint density at radius 2 is 2.30 bits per heavy atom. The minimum Gasteiger partial charge on any atom is -0.497 e. The van der Waals surface area contributed by atoms with Crippen molar-refractivity contribution in [1.82, 2.24) is 5.32 Å². The molecular weight excluding hydrogens is 254 g/mol. The van der Waals surface area contributed by atoms with Crippen LogP contribution in [0.25, 0.3) is 0 Å². The average Bonchev–Trinajstić information content (AvgIpc) is 2.52. The molecule has 4 nitrogen and oxygen atoms in total. The average molecular weight is 279 g/mol. The molecule has 0 aromatic heterocycles. The second-order valence-electron chi connectivity index (χ2n) is 5.14. The second-order valence-corrected chi connectivity index (χ2v) is 5.14. The topological polar surface area (TPSA) is 39.7 Å². The predicted octanol–water partition coefficient (Wildman–Crippen LogP) is 2.54. The van der Waals surface area contributed by atoms with Crippen LogP contribution in [0.5, 0.6) is 5.75 Å². The molecule has 20 heavy (non-hydrogen) atoms. The maximum atomic E-state index is 5.83. The van der Waals surface area contributed by atoms with Crippen molar-refractivity contribution in [1.29, 1.82) is 0 Å². The molecule has 1 aromatic rings. The number of ether oxygens (including phenoxy) is 3. The fourth-order valence-electron chi connectivity index (χ4n) is 2.46. The van der Waals surface area contributed by atoms with Crippen LogP contribution in [0.1, 0.15) is 30.9 Å². The molecule has 0 radical (unpaired) electrons. The van der Waals surface area contributed by atoms with Crippen molar-refractivity contribution < 1.29 is 14.2 Å². The number of hydrogen-bond acceptors (Lipinski definition) is 4. The van der Waals surface area contributed by atoms with Gasteiger partial charge in [0.25, 0.3) is 0 Å². The lowest BCUT2D eigenvalue weighted by Crippen LogP contribution is -2.28. The zero-order valence-electron chi connectivity index (χ0n) is 12.4. The number of benzene rings is 1. The molecule has 1 saturated heterocycles. The van der Waals surface area contributed by atoms with E-state index in [2.05, 4.69) is 11.4 Å². The van der Waals surface area contributed by atoms with Gasteiger partial charge >= 0.3 is 0 Å². The van der Waals surface area contributed by atoms with E-state index in [1.165, 1.54) is 18.4 Å². The predicted molar refractivity (Wildman–Crippen MR) is 79.2 cm³/mol. The Labute approximate surface area is 121 Å². The third kappa shape index (κ3) is 4.47. The van der Waals surface area contributed by atoms with Crippen molar-refractivity contribution in [3.63, 3.8) is 0 Å². The molecule has 0 bridgehead atoms. The highest BCUT2D eigenvalue weighted by Gasteiger charge is 2.15. The number of rotatable bonds is 7. The van der Waals surface area contributed by atoms with Gasteiger partial charge in [0, 0.05) is 6.61 Å². The van der Waals surface area contributed by atoms with E-state index in [4.69, 9.17) is 14.2 Å². The summed E-state index contributed by atoms with van der Waals surface area (Å²) in [5, 5.41) is 3.29. The summed E-state index contributed by atoms with van der Waals surface area (Å²) in [6.45, 7) is 2.20. The van der Waals surface area contributed by atoms with E-state index in [1.807, 2.05) is 25.2 Å². The molecule has 1 heterocycles. The van der Waals surface area contributed by atoms with Crippen LogP contribution in [0.15, 0.2) is 24.3 Å². The van der Waals surface area contributed by atoms with Gasteiger partial charge in [-0.1, -0.05) is 12.1 Å². The Balaban J connectivity index is 1.81. The van der Waals surface area contributed by atoms with Crippen molar-refractivity contribution in [2.24, 2.45) is 0 Å². The summed E-state index contributed by atoms with van der Waals surface area (Å²) in [6.07, 6.45) is 3.81. The summed E-state index contributed by atoms with van der Waals surface area (Å²) in [7, 11) is 3.63. The maximum Gasteiger partial charge on any atom is 0.119 e. The van der Waals surface area contributed by atoms with Crippen LogP contribution in [0.2, 0.25) is 0 Å². The minimum atomic E-state index is 0.175. The Kier molecular flexibility index (Phi) is 6.30. The number of likely N-dealkylation sites (N-methyl/N-ethyl adjacent to an activating group) is 1. The van der Waals surface area contributed by atoms with Gasteiger partial charge in [0.2, 0.25) is 0 Å². The van der Waals surface area contributed by atoms with Crippen LogP contribution < -0.4 is 10.1 Å². The molecule has 0 amide bonds. The van der Waals surface area contributed by atoms with E-state index in [9.17, 15) is 0 Å². The molecule has 2 unspecified atom stereocenters. The van der Waals surface area contributed by atoms with E-state index < -0.39 is 0 Å². The highest BCUT2D eigenvalue weighted by molar-refractivity contribution is 5.30. The zero-order valence-corrected chi connectivity index (χ0v) is 12.4. The largest absolute Gasteiger partial charge is 0.497 e. The summed E-state index contributed by atoms with van der Waals surface area (Å²) < 4.78 is 16.8. The lowest BCUT2D eigenvalue weighted by atomic mass is 10.1. The van der Waals surface area contributed by atoms with Gasteiger partial charge in [0.15, 0.2) is 0 Å². The van der Waals surface area contributed by atoms with Gasteiger partial charge < -0.3 is 19.5 Å². The van der Waals surface area contributed by atoms with Crippen molar-refractivity contribution in [3.05, 3.63) is 29.8 Å². The van der Waals surface area contributed by atoms with E-state index >= 15 is 0 Å². The molecule has 1 aliphatic rings. The first-order valence-electron chi connectivity index (χ1n) is 7.34. The standard InChI is InChI=1S/C16H25NO3/c1-17-16(13-6-5-8-14(10-13)18-2)12-19-11-15-7-3-4-9-20-15/h5-6,8,10,15-17H,3-4,7,9,11-12H2,1-2H3. The van der Waals surface area contributed by atoms with E-state index in [1.54, 1.807) is 7.11 Å². The molecule has 1 fully saturated rings. The van der Waals surface area contributed by atoms with E-state index in [-0.39, 0.29) is 12.1 Å². The summed E-state index contributed by atoms with van der Waals surface area (Å²) >= 11 is 0. The number of nitrogens with one attached hydrogen (secondary N) is 1. The summed E-state index contributed by atoms with van der Waals surface area (Å²) in [4.78, 5) is 0. The molecule has 2 atom stereocenters. The molecule has 2 rings (SSSR count). The van der Waals surface area contributed by atoms with Gasteiger partial charge in [-0.25, -0.2) is 0 Å². The van der Waals surface area contributed by atoms with Crippen molar-refractivity contribution in [2.75, 3.05) is 34.0 Å². The van der Waals surface area contributed by atoms with Gasteiger partial charge in [-0.2, -0.15) is 0 Å². The Morgan fingerprint density at radius 3 is 3.00 bits per heavy atom. The first-order chi connectivity index (χ1) is 9.83. The monoisotopic (exact) mass is 279 g/mol. The third-order valence-electron chi connectivity index (χ3n) is 3.71. The molecule has 1 aromatic carbocycles. The molecule has 4 heteroatoms. The van der Waals surface area contributed by atoms with Crippen LogP contribution in [0.3, 0.4) is 0 Å². The van der Waals surface area contributed by atoms with Gasteiger partial charge in [-0.15, -0.1) is 0 Å². The van der Waals surface area contributed by atoms with Gasteiger partial charge in [-0.05, 0) is 44.0 Å². The van der Waals surface area contributed by atoms with Crippen LogP contribution in [0, 0.1) is 0 Å².